The number of aliphatic carboxylic acids is 1. The summed E-state index contributed by atoms with van der Waals surface area (Å²) in [6.45, 7) is 3.50. The molecule has 2 unspecified atom stereocenters. The Bertz CT molecular complexity index is 895. The molecule has 25 heavy (non-hydrogen) atoms. The molecule has 2 N–H and O–H groups in total. The van der Waals surface area contributed by atoms with Crippen LogP contribution in [0.5, 0.6) is 0 Å². The van der Waals surface area contributed by atoms with Crippen molar-refractivity contribution in [1.82, 2.24) is 15.1 Å². The average molecular weight is 357 g/mol. The fraction of sp³-hybridized carbons (Fsp3) is 0.278. The van der Waals surface area contributed by atoms with Gasteiger partial charge in [0.05, 0.1) is 22.5 Å². The molecule has 2 atom stereocenters. The van der Waals surface area contributed by atoms with E-state index in [0.717, 1.165) is 21.5 Å². The van der Waals surface area contributed by atoms with Gasteiger partial charge in [-0.3, -0.25) is 14.3 Å². The number of nitrogens with zero attached hydrogens (tertiary/aromatic N) is 2. The van der Waals surface area contributed by atoms with Gasteiger partial charge in [-0.15, -0.1) is 11.3 Å². The maximum Gasteiger partial charge on any atom is 0.308 e. The van der Waals surface area contributed by atoms with Crippen LogP contribution in [-0.2, 0) is 11.8 Å². The number of carbonyl (C=O) groups excluding carboxylic acids is 1. The summed E-state index contributed by atoms with van der Waals surface area (Å²) in [4.78, 5) is 25.7. The molecule has 7 heteroatoms. The van der Waals surface area contributed by atoms with E-state index in [4.69, 9.17) is 0 Å². The van der Waals surface area contributed by atoms with Crippen LogP contribution in [0.25, 0.3) is 10.2 Å². The highest BCUT2D eigenvalue weighted by Gasteiger charge is 2.28. The number of fused-ring (bicyclic) bond motifs is 1. The highest BCUT2D eigenvalue weighted by atomic mass is 32.1. The SMILES string of the molecule is Cc1nn(C)c2sc(C(=O)NC(c3ccccc3)C(C)C(=O)O)cc12. The highest BCUT2D eigenvalue weighted by Crippen LogP contribution is 2.29. The van der Waals surface area contributed by atoms with Gasteiger partial charge in [-0.25, -0.2) is 0 Å². The van der Waals surface area contributed by atoms with E-state index < -0.39 is 17.9 Å². The van der Waals surface area contributed by atoms with E-state index in [1.54, 1.807) is 11.6 Å². The molecule has 0 bridgehead atoms. The summed E-state index contributed by atoms with van der Waals surface area (Å²) in [5.41, 5.74) is 1.64. The molecule has 2 aromatic heterocycles. The van der Waals surface area contributed by atoms with Crippen molar-refractivity contribution in [2.24, 2.45) is 13.0 Å². The van der Waals surface area contributed by atoms with Crippen molar-refractivity contribution in [2.75, 3.05) is 0 Å². The Morgan fingerprint density at radius 2 is 1.96 bits per heavy atom. The Balaban J connectivity index is 1.91. The minimum Gasteiger partial charge on any atom is -0.481 e. The van der Waals surface area contributed by atoms with Gasteiger partial charge < -0.3 is 10.4 Å². The predicted octanol–water partition coefficient (Wildman–Crippen LogP) is 3.14. The number of benzene rings is 1. The summed E-state index contributed by atoms with van der Waals surface area (Å²) in [6, 6.07) is 10.4. The maximum atomic E-state index is 12.7. The van der Waals surface area contributed by atoms with Gasteiger partial charge in [-0.1, -0.05) is 30.3 Å². The van der Waals surface area contributed by atoms with Gasteiger partial charge in [0, 0.05) is 12.4 Å². The first-order chi connectivity index (χ1) is 11.9. The molecule has 6 nitrogen and oxygen atoms in total. The predicted molar refractivity (Wildman–Crippen MR) is 96.8 cm³/mol. The summed E-state index contributed by atoms with van der Waals surface area (Å²) in [7, 11) is 1.84. The van der Waals surface area contributed by atoms with Crippen molar-refractivity contribution in [3.05, 3.63) is 52.5 Å². The molecule has 3 aromatic rings. The van der Waals surface area contributed by atoms with Crippen molar-refractivity contribution in [3.63, 3.8) is 0 Å². The second-order valence-electron chi connectivity index (χ2n) is 6.03. The van der Waals surface area contributed by atoms with Crippen LogP contribution in [0.1, 0.15) is 33.9 Å². The maximum absolute atomic E-state index is 12.7. The molecular formula is C18H19N3O3S. The molecular weight excluding hydrogens is 338 g/mol. The number of aryl methyl sites for hydroxylation is 2. The number of thiophene rings is 1. The number of hydrogen-bond donors (Lipinski definition) is 2. The second-order valence-corrected chi connectivity index (χ2v) is 7.06. The van der Waals surface area contributed by atoms with Crippen molar-refractivity contribution >= 4 is 33.4 Å². The number of amides is 1. The molecule has 0 fully saturated rings. The monoisotopic (exact) mass is 357 g/mol. The van der Waals surface area contributed by atoms with E-state index in [1.165, 1.54) is 11.3 Å². The zero-order valence-corrected chi connectivity index (χ0v) is 15.0. The van der Waals surface area contributed by atoms with Crippen LogP contribution in [0.3, 0.4) is 0 Å². The number of rotatable bonds is 5. The Labute approximate surface area is 149 Å². The Morgan fingerprint density at radius 1 is 1.28 bits per heavy atom. The van der Waals surface area contributed by atoms with E-state index in [1.807, 2.05) is 50.4 Å². The van der Waals surface area contributed by atoms with Gasteiger partial charge in [-0.2, -0.15) is 5.10 Å². The molecule has 0 saturated heterocycles. The first-order valence-corrected chi connectivity index (χ1v) is 8.72. The van der Waals surface area contributed by atoms with Crippen LogP contribution in [0.15, 0.2) is 36.4 Å². The van der Waals surface area contributed by atoms with Crippen LogP contribution in [0.4, 0.5) is 0 Å². The first kappa shape index (κ1) is 17.2. The highest BCUT2D eigenvalue weighted by molar-refractivity contribution is 7.20. The first-order valence-electron chi connectivity index (χ1n) is 7.90. The third-order valence-corrected chi connectivity index (χ3v) is 5.46. The van der Waals surface area contributed by atoms with Gasteiger partial charge in [0.2, 0.25) is 0 Å². The van der Waals surface area contributed by atoms with E-state index in [9.17, 15) is 14.7 Å². The molecule has 0 saturated carbocycles. The van der Waals surface area contributed by atoms with E-state index in [2.05, 4.69) is 10.4 Å². The largest absolute Gasteiger partial charge is 0.481 e. The molecule has 3 rings (SSSR count). The van der Waals surface area contributed by atoms with Crippen LogP contribution in [-0.4, -0.2) is 26.8 Å². The summed E-state index contributed by atoms with van der Waals surface area (Å²) in [5, 5.41) is 17.5. The molecule has 2 heterocycles. The number of carboxylic acids is 1. The third kappa shape index (κ3) is 3.28. The van der Waals surface area contributed by atoms with Crippen molar-refractivity contribution in [1.29, 1.82) is 0 Å². The molecule has 0 aliphatic rings. The topological polar surface area (TPSA) is 84.2 Å². The van der Waals surface area contributed by atoms with Crippen molar-refractivity contribution in [3.8, 4) is 0 Å². The number of aromatic nitrogens is 2. The summed E-state index contributed by atoms with van der Waals surface area (Å²) in [5.74, 6) is -1.97. The third-order valence-electron chi connectivity index (χ3n) is 4.25. The van der Waals surface area contributed by atoms with Crippen LogP contribution in [0.2, 0.25) is 0 Å². The lowest BCUT2D eigenvalue weighted by Gasteiger charge is -2.22. The number of carboxylic acid groups (broad SMARTS) is 1. The Kier molecular flexibility index (Phi) is 4.59. The van der Waals surface area contributed by atoms with Crippen LogP contribution >= 0.6 is 11.3 Å². The standard InChI is InChI=1S/C18H19N3O3S/c1-10(18(23)24)15(12-7-5-4-6-8-12)19-16(22)14-9-13-11(2)20-21(3)17(13)25-14/h4-10,15H,1-3H3,(H,19,22)(H,23,24). The van der Waals surface area contributed by atoms with Gasteiger partial charge in [-0.05, 0) is 25.5 Å². The van der Waals surface area contributed by atoms with E-state index in [0.29, 0.717) is 4.88 Å². The smallest absolute Gasteiger partial charge is 0.308 e. The fourth-order valence-electron chi connectivity index (χ4n) is 2.83. The lowest BCUT2D eigenvalue weighted by molar-refractivity contribution is -0.142. The lowest BCUT2D eigenvalue weighted by Crippen LogP contribution is -2.35. The van der Waals surface area contributed by atoms with Crippen LogP contribution in [0, 0.1) is 12.8 Å². The summed E-state index contributed by atoms with van der Waals surface area (Å²) in [6.07, 6.45) is 0. The number of hydrogen-bond acceptors (Lipinski definition) is 4. The average Bonchev–Trinajstić information content (AvgIpc) is 3.14. The fourth-order valence-corrected chi connectivity index (χ4v) is 3.86. The van der Waals surface area contributed by atoms with Gasteiger partial charge >= 0.3 is 5.97 Å². The zero-order chi connectivity index (χ0) is 18.1. The Hall–Kier alpha value is -2.67. The molecule has 0 aliphatic heterocycles. The number of nitrogens with one attached hydrogen (secondary N) is 1. The molecule has 1 aromatic carbocycles. The quantitative estimate of drug-likeness (QED) is 0.735. The molecule has 0 aliphatic carbocycles. The summed E-state index contributed by atoms with van der Waals surface area (Å²) < 4.78 is 1.75. The van der Waals surface area contributed by atoms with E-state index >= 15 is 0 Å². The lowest BCUT2D eigenvalue weighted by atomic mass is 9.94. The van der Waals surface area contributed by atoms with Crippen LogP contribution < -0.4 is 5.32 Å². The minimum absolute atomic E-state index is 0.275. The molecule has 1 amide bonds. The van der Waals surface area contributed by atoms with Gasteiger partial charge in [0.15, 0.2) is 0 Å². The zero-order valence-electron chi connectivity index (χ0n) is 14.2. The van der Waals surface area contributed by atoms with Gasteiger partial charge in [0.25, 0.3) is 5.91 Å². The molecule has 130 valence electrons. The van der Waals surface area contributed by atoms with Crippen molar-refractivity contribution < 1.29 is 14.7 Å². The van der Waals surface area contributed by atoms with E-state index in [-0.39, 0.29) is 5.91 Å². The molecule has 0 spiro atoms. The molecule has 0 radical (unpaired) electrons. The minimum atomic E-state index is -0.953. The van der Waals surface area contributed by atoms with Gasteiger partial charge in [0.1, 0.15) is 4.83 Å². The van der Waals surface area contributed by atoms with Crippen molar-refractivity contribution in [2.45, 2.75) is 19.9 Å². The number of carbonyl (C=O) groups is 2. The normalized spacial score (nSPS) is 13.6. The second kappa shape index (κ2) is 6.68. The summed E-state index contributed by atoms with van der Waals surface area (Å²) >= 11 is 1.35. The Morgan fingerprint density at radius 3 is 2.56 bits per heavy atom.